The van der Waals surface area contributed by atoms with E-state index >= 15 is 0 Å². The Bertz CT molecular complexity index is 554. The molecule has 1 atom stereocenters. The van der Waals surface area contributed by atoms with Gasteiger partial charge in [-0.05, 0) is 37.5 Å². The van der Waals surface area contributed by atoms with Crippen LogP contribution in [0.4, 0.5) is 0 Å². The minimum absolute atomic E-state index is 0.123. The fourth-order valence-corrected chi connectivity index (χ4v) is 2.31. The summed E-state index contributed by atoms with van der Waals surface area (Å²) in [5.41, 5.74) is 8.17. The number of pyridine rings is 1. The van der Waals surface area contributed by atoms with Gasteiger partial charge in [0.15, 0.2) is 0 Å². The van der Waals surface area contributed by atoms with Gasteiger partial charge in [0.1, 0.15) is 5.75 Å². The van der Waals surface area contributed by atoms with Crippen molar-refractivity contribution < 1.29 is 4.74 Å². The van der Waals surface area contributed by atoms with Gasteiger partial charge in [0.05, 0.1) is 17.8 Å². The summed E-state index contributed by atoms with van der Waals surface area (Å²) in [6, 6.07) is 12.1. The van der Waals surface area contributed by atoms with E-state index < -0.39 is 5.54 Å². The van der Waals surface area contributed by atoms with Gasteiger partial charge < -0.3 is 10.5 Å². The highest BCUT2D eigenvalue weighted by atomic mass is 16.5. The standard InChI is InChI=1S/C17H22N2O/c1-4-17(18,14-8-6-5-7-9-14)15-10-16(12-19-11-15)20-13(2)3/h5-13H,4,18H2,1-3H3. The van der Waals surface area contributed by atoms with Gasteiger partial charge in [0, 0.05) is 6.20 Å². The normalized spacial score (nSPS) is 14.1. The van der Waals surface area contributed by atoms with E-state index in [1.807, 2.05) is 44.3 Å². The summed E-state index contributed by atoms with van der Waals surface area (Å²) < 4.78 is 5.71. The summed E-state index contributed by atoms with van der Waals surface area (Å²) in [6.45, 7) is 6.09. The molecule has 1 aromatic heterocycles. The van der Waals surface area contributed by atoms with Crippen molar-refractivity contribution >= 4 is 0 Å². The molecule has 0 amide bonds. The highest BCUT2D eigenvalue weighted by Crippen LogP contribution is 2.31. The maximum absolute atomic E-state index is 6.64. The Hall–Kier alpha value is -1.87. The van der Waals surface area contributed by atoms with Crippen molar-refractivity contribution in [2.24, 2.45) is 5.73 Å². The lowest BCUT2D eigenvalue weighted by atomic mass is 9.82. The summed E-state index contributed by atoms with van der Waals surface area (Å²) >= 11 is 0. The number of nitrogens with two attached hydrogens (primary N) is 1. The van der Waals surface area contributed by atoms with Gasteiger partial charge in [-0.15, -0.1) is 0 Å². The third-order valence-electron chi connectivity index (χ3n) is 3.45. The SMILES string of the molecule is CCC(N)(c1ccccc1)c1cncc(OC(C)C)c1. The highest BCUT2D eigenvalue weighted by Gasteiger charge is 2.28. The van der Waals surface area contributed by atoms with Crippen molar-refractivity contribution in [3.63, 3.8) is 0 Å². The zero-order valence-corrected chi connectivity index (χ0v) is 12.3. The van der Waals surface area contributed by atoms with Gasteiger partial charge in [-0.2, -0.15) is 0 Å². The minimum Gasteiger partial charge on any atom is -0.489 e. The molecule has 3 nitrogen and oxygen atoms in total. The zero-order valence-electron chi connectivity index (χ0n) is 12.3. The molecule has 3 heteroatoms. The van der Waals surface area contributed by atoms with Crippen molar-refractivity contribution in [1.29, 1.82) is 0 Å². The summed E-state index contributed by atoms with van der Waals surface area (Å²) in [7, 11) is 0. The van der Waals surface area contributed by atoms with E-state index in [0.29, 0.717) is 0 Å². The Morgan fingerprint density at radius 2 is 1.85 bits per heavy atom. The number of benzene rings is 1. The molecule has 2 N–H and O–H groups in total. The second kappa shape index (κ2) is 6.06. The summed E-state index contributed by atoms with van der Waals surface area (Å²) in [6.07, 6.45) is 4.47. The first-order valence-corrected chi connectivity index (χ1v) is 7.03. The molecule has 2 rings (SSSR count). The Balaban J connectivity index is 2.41. The predicted molar refractivity (Wildman–Crippen MR) is 81.7 cm³/mol. The van der Waals surface area contributed by atoms with E-state index in [4.69, 9.17) is 10.5 Å². The Kier molecular flexibility index (Phi) is 4.40. The van der Waals surface area contributed by atoms with Crippen LogP contribution in [0, 0.1) is 0 Å². The van der Waals surface area contributed by atoms with Crippen molar-refractivity contribution in [3.05, 3.63) is 59.9 Å². The number of hydrogen-bond acceptors (Lipinski definition) is 3. The molecule has 2 aromatic rings. The van der Waals surface area contributed by atoms with Crippen molar-refractivity contribution in [1.82, 2.24) is 4.98 Å². The second-order valence-electron chi connectivity index (χ2n) is 5.27. The van der Waals surface area contributed by atoms with Crippen LogP contribution in [0.5, 0.6) is 5.75 Å². The zero-order chi connectivity index (χ0) is 14.6. The van der Waals surface area contributed by atoms with Gasteiger partial charge in [-0.25, -0.2) is 0 Å². The van der Waals surface area contributed by atoms with Gasteiger partial charge >= 0.3 is 0 Å². The maximum atomic E-state index is 6.64. The number of ether oxygens (including phenoxy) is 1. The van der Waals surface area contributed by atoms with Gasteiger partial charge in [-0.3, -0.25) is 4.98 Å². The second-order valence-corrected chi connectivity index (χ2v) is 5.27. The molecule has 1 heterocycles. The summed E-state index contributed by atoms with van der Waals surface area (Å²) in [5, 5.41) is 0. The smallest absolute Gasteiger partial charge is 0.138 e. The minimum atomic E-state index is -0.537. The van der Waals surface area contributed by atoms with Crippen LogP contribution in [0.1, 0.15) is 38.3 Å². The third-order valence-corrected chi connectivity index (χ3v) is 3.45. The Morgan fingerprint density at radius 3 is 2.45 bits per heavy atom. The molecule has 106 valence electrons. The van der Waals surface area contributed by atoms with E-state index in [9.17, 15) is 0 Å². The van der Waals surface area contributed by atoms with Crippen molar-refractivity contribution in [2.45, 2.75) is 38.8 Å². The largest absolute Gasteiger partial charge is 0.489 e. The van der Waals surface area contributed by atoms with Crippen LogP contribution in [-0.2, 0) is 5.54 Å². The molecular weight excluding hydrogens is 248 g/mol. The molecule has 0 fully saturated rings. The Morgan fingerprint density at radius 1 is 1.15 bits per heavy atom. The number of nitrogens with zero attached hydrogens (tertiary/aromatic N) is 1. The fourth-order valence-electron chi connectivity index (χ4n) is 2.31. The van der Waals surface area contributed by atoms with Crippen LogP contribution < -0.4 is 10.5 Å². The van der Waals surface area contributed by atoms with E-state index in [-0.39, 0.29) is 6.10 Å². The predicted octanol–water partition coefficient (Wildman–Crippen LogP) is 3.48. The van der Waals surface area contributed by atoms with Gasteiger partial charge in [0.25, 0.3) is 0 Å². The van der Waals surface area contributed by atoms with E-state index in [1.54, 1.807) is 6.20 Å². The molecule has 0 spiro atoms. The first-order chi connectivity index (χ1) is 9.56. The quantitative estimate of drug-likeness (QED) is 0.904. The van der Waals surface area contributed by atoms with Crippen LogP contribution in [-0.4, -0.2) is 11.1 Å². The van der Waals surface area contributed by atoms with E-state index in [2.05, 4.69) is 24.0 Å². The molecular formula is C17H22N2O. The molecule has 1 unspecified atom stereocenters. The van der Waals surface area contributed by atoms with Crippen LogP contribution in [0.2, 0.25) is 0 Å². The molecule has 1 aromatic carbocycles. The van der Waals surface area contributed by atoms with Crippen molar-refractivity contribution in [3.8, 4) is 5.75 Å². The van der Waals surface area contributed by atoms with E-state index in [0.717, 1.165) is 23.3 Å². The first-order valence-electron chi connectivity index (χ1n) is 7.03. The fraction of sp³-hybridized carbons (Fsp3) is 0.353. The van der Waals surface area contributed by atoms with Crippen molar-refractivity contribution in [2.75, 3.05) is 0 Å². The molecule has 0 aliphatic rings. The molecule has 0 saturated carbocycles. The summed E-state index contributed by atoms with van der Waals surface area (Å²) in [5.74, 6) is 0.761. The molecule has 0 radical (unpaired) electrons. The molecule has 0 aliphatic heterocycles. The lowest BCUT2D eigenvalue weighted by molar-refractivity contribution is 0.241. The molecule has 20 heavy (non-hydrogen) atoms. The topological polar surface area (TPSA) is 48.1 Å². The number of aromatic nitrogens is 1. The van der Waals surface area contributed by atoms with Crippen LogP contribution >= 0.6 is 0 Å². The summed E-state index contributed by atoms with van der Waals surface area (Å²) in [4.78, 5) is 4.27. The third kappa shape index (κ3) is 2.99. The Labute approximate surface area is 120 Å². The highest BCUT2D eigenvalue weighted by molar-refractivity contribution is 5.39. The van der Waals surface area contributed by atoms with Crippen LogP contribution in [0.3, 0.4) is 0 Å². The molecule has 0 saturated heterocycles. The number of hydrogen-bond donors (Lipinski definition) is 1. The average molecular weight is 270 g/mol. The lowest BCUT2D eigenvalue weighted by Gasteiger charge is -2.29. The monoisotopic (exact) mass is 270 g/mol. The maximum Gasteiger partial charge on any atom is 0.138 e. The molecule has 0 bridgehead atoms. The average Bonchev–Trinajstić information content (AvgIpc) is 2.47. The first kappa shape index (κ1) is 14.5. The van der Waals surface area contributed by atoms with Gasteiger partial charge in [-0.1, -0.05) is 37.3 Å². The van der Waals surface area contributed by atoms with Crippen LogP contribution in [0.25, 0.3) is 0 Å². The molecule has 0 aliphatic carbocycles. The number of rotatable bonds is 5. The van der Waals surface area contributed by atoms with Gasteiger partial charge in [0.2, 0.25) is 0 Å². The van der Waals surface area contributed by atoms with E-state index in [1.165, 1.54) is 0 Å². The lowest BCUT2D eigenvalue weighted by Crippen LogP contribution is -2.37. The van der Waals surface area contributed by atoms with Crippen LogP contribution in [0.15, 0.2) is 48.8 Å².